The molecule has 2 aromatic rings. The Balaban J connectivity index is 1.84. The van der Waals surface area contributed by atoms with Crippen molar-refractivity contribution >= 4 is 27.5 Å². The zero-order chi connectivity index (χ0) is 17.3. The number of aryl methyl sites for hydroxylation is 1. The smallest absolute Gasteiger partial charge is 0.253 e. The predicted molar refractivity (Wildman–Crippen MR) is 103 cm³/mol. The number of rotatable bonds is 3. The van der Waals surface area contributed by atoms with E-state index in [9.17, 15) is 4.79 Å². The van der Waals surface area contributed by atoms with Gasteiger partial charge in [-0.15, -0.1) is 0 Å². The molecular formula is C20H23BrN2O. The van der Waals surface area contributed by atoms with Crippen LogP contribution in [0, 0.1) is 13.8 Å². The second-order valence-corrected chi connectivity index (χ2v) is 7.45. The van der Waals surface area contributed by atoms with Gasteiger partial charge in [0.2, 0.25) is 0 Å². The van der Waals surface area contributed by atoms with Crippen LogP contribution in [-0.2, 0) is 6.54 Å². The molecular weight excluding hydrogens is 364 g/mol. The number of anilines is 1. The molecule has 126 valence electrons. The Labute approximate surface area is 152 Å². The predicted octanol–water partition coefficient (Wildman–Crippen LogP) is 4.92. The summed E-state index contributed by atoms with van der Waals surface area (Å²) in [6.07, 6.45) is 1.11. The molecule has 1 atom stereocenters. The van der Waals surface area contributed by atoms with E-state index in [-0.39, 0.29) is 5.91 Å². The first-order valence-corrected chi connectivity index (χ1v) is 9.17. The van der Waals surface area contributed by atoms with Gasteiger partial charge in [0.25, 0.3) is 5.91 Å². The Kier molecular flexibility index (Phi) is 4.95. The third-order valence-electron chi connectivity index (χ3n) is 4.79. The van der Waals surface area contributed by atoms with Gasteiger partial charge >= 0.3 is 0 Å². The lowest BCUT2D eigenvalue weighted by Crippen LogP contribution is -2.26. The maximum Gasteiger partial charge on any atom is 0.253 e. The molecule has 1 unspecified atom stereocenters. The molecule has 1 aliphatic rings. The highest BCUT2D eigenvalue weighted by Crippen LogP contribution is 2.35. The Morgan fingerprint density at radius 2 is 2.12 bits per heavy atom. The lowest BCUT2D eigenvalue weighted by Gasteiger charge is -2.26. The summed E-state index contributed by atoms with van der Waals surface area (Å²) in [5.74, 6) is 0.468. The van der Waals surface area contributed by atoms with Crippen molar-refractivity contribution < 1.29 is 4.79 Å². The molecule has 1 amide bonds. The van der Waals surface area contributed by atoms with E-state index in [1.807, 2.05) is 24.3 Å². The van der Waals surface area contributed by atoms with Crippen molar-refractivity contribution in [1.82, 2.24) is 5.32 Å². The van der Waals surface area contributed by atoms with Gasteiger partial charge in [0.15, 0.2) is 0 Å². The van der Waals surface area contributed by atoms with Crippen LogP contribution in [0.25, 0.3) is 0 Å². The van der Waals surface area contributed by atoms with E-state index in [0.29, 0.717) is 12.5 Å². The third kappa shape index (κ3) is 3.34. The van der Waals surface area contributed by atoms with Crippen LogP contribution in [0.5, 0.6) is 0 Å². The van der Waals surface area contributed by atoms with Crippen LogP contribution < -0.4 is 10.6 Å². The van der Waals surface area contributed by atoms with Gasteiger partial charge in [0.05, 0.1) is 11.3 Å². The van der Waals surface area contributed by atoms with Crippen LogP contribution in [0.1, 0.15) is 51.9 Å². The van der Waals surface area contributed by atoms with Gasteiger partial charge in [-0.1, -0.05) is 41.1 Å². The topological polar surface area (TPSA) is 41.1 Å². The molecule has 0 bridgehead atoms. The SMILES string of the molecule is Cc1cc(C(=O)NCc2cccc(Br)c2C)c2c(c1)C(C)CCN2. The molecule has 1 heterocycles. The zero-order valence-electron chi connectivity index (χ0n) is 14.4. The van der Waals surface area contributed by atoms with Gasteiger partial charge < -0.3 is 10.6 Å². The average Bonchev–Trinajstić information content (AvgIpc) is 2.56. The van der Waals surface area contributed by atoms with Crippen molar-refractivity contribution in [3.8, 4) is 0 Å². The van der Waals surface area contributed by atoms with Gasteiger partial charge in [-0.25, -0.2) is 0 Å². The lowest BCUT2D eigenvalue weighted by molar-refractivity contribution is 0.0951. The maximum absolute atomic E-state index is 12.8. The van der Waals surface area contributed by atoms with Crippen LogP contribution in [0.3, 0.4) is 0 Å². The van der Waals surface area contributed by atoms with Crippen molar-refractivity contribution in [3.63, 3.8) is 0 Å². The third-order valence-corrected chi connectivity index (χ3v) is 5.65. The van der Waals surface area contributed by atoms with Crippen LogP contribution in [-0.4, -0.2) is 12.5 Å². The Morgan fingerprint density at radius 1 is 1.33 bits per heavy atom. The first-order chi connectivity index (χ1) is 11.5. The molecule has 2 aromatic carbocycles. The summed E-state index contributed by atoms with van der Waals surface area (Å²) in [4.78, 5) is 12.8. The normalized spacial score (nSPS) is 16.2. The number of hydrogen-bond donors (Lipinski definition) is 2. The number of carbonyl (C=O) groups excluding carboxylic acids is 1. The van der Waals surface area contributed by atoms with Gasteiger partial charge in [0, 0.05) is 17.6 Å². The summed E-state index contributed by atoms with van der Waals surface area (Å²) >= 11 is 3.54. The highest BCUT2D eigenvalue weighted by Gasteiger charge is 2.22. The molecule has 0 aliphatic carbocycles. The molecule has 2 N–H and O–H groups in total. The first-order valence-electron chi connectivity index (χ1n) is 8.38. The molecule has 0 radical (unpaired) electrons. The van der Waals surface area contributed by atoms with Crippen molar-refractivity contribution in [1.29, 1.82) is 0 Å². The molecule has 3 nitrogen and oxygen atoms in total. The minimum Gasteiger partial charge on any atom is -0.384 e. The monoisotopic (exact) mass is 386 g/mol. The van der Waals surface area contributed by atoms with Gasteiger partial charge in [-0.05, 0) is 60.6 Å². The lowest BCUT2D eigenvalue weighted by atomic mass is 9.89. The number of carbonyl (C=O) groups is 1. The number of halogens is 1. The first kappa shape index (κ1) is 17.0. The fourth-order valence-corrected chi connectivity index (χ4v) is 3.67. The fourth-order valence-electron chi connectivity index (χ4n) is 3.26. The van der Waals surface area contributed by atoms with Crippen LogP contribution in [0.15, 0.2) is 34.8 Å². The molecule has 24 heavy (non-hydrogen) atoms. The van der Waals surface area contributed by atoms with E-state index in [2.05, 4.69) is 53.4 Å². The fraction of sp³-hybridized carbons (Fsp3) is 0.350. The van der Waals surface area contributed by atoms with E-state index in [0.717, 1.165) is 45.4 Å². The summed E-state index contributed by atoms with van der Waals surface area (Å²) in [6, 6.07) is 10.2. The van der Waals surface area contributed by atoms with Crippen molar-refractivity contribution in [2.75, 3.05) is 11.9 Å². The molecule has 0 spiro atoms. The van der Waals surface area contributed by atoms with Crippen LogP contribution >= 0.6 is 15.9 Å². The van der Waals surface area contributed by atoms with E-state index >= 15 is 0 Å². The molecule has 0 aromatic heterocycles. The van der Waals surface area contributed by atoms with E-state index in [1.54, 1.807) is 0 Å². The number of benzene rings is 2. The van der Waals surface area contributed by atoms with Crippen LogP contribution in [0.2, 0.25) is 0 Å². The van der Waals surface area contributed by atoms with Crippen molar-refractivity contribution in [3.05, 3.63) is 62.6 Å². The minimum atomic E-state index is -0.0177. The molecule has 0 saturated heterocycles. The average molecular weight is 387 g/mol. The van der Waals surface area contributed by atoms with E-state index in [1.165, 1.54) is 5.56 Å². The number of fused-ring (bicyclic) bond motifs is 1. The van der Waals surface area contributed by atoms with E-state index in [4.69, 9.17) is 0 Å². The highest BCUT2D eigenvalue weighted by molar-refractivity contribution is 9.10. The summed E-state index contributed by atoms with van der Waals surface area (Å²) in [7, 11) is 0. The zero-order valence-corrected chi connectivity index (χ0v) is 16.0. The Hall–Kier alpha value is -1.81. The number of amides is 1. The molecule has 0 saturated carbocycles. The minimum absolute atomic E-state index is 0.0177. The molecule has 3 rings (SSSR count). The largest absolute Gasteiger partial charge is 0.384 e. The quantitative estimate of drug-likeness (QED) is 0.785. The van der Waals surface area contributed by atoms with Crippen molar-refractivity contribution in [2.24, 2.45) is 0 Å². The summed E-state index contributed by atoms with van der Waals surface area (Å²) < 4.78 is 1.07. The highest BCUT2D eigenvalue weighted by atomic mass is 79.9. The number of hydrogen-bond acceptors (Lipinski definition) is 2. The van der Waals surface area contributed by atoms with Gasteiger partial charge in [-0.3, -0.25) is 4.79 Å². The summed E-state index contributed by atoms with van der Waals surface area (Å²) in [5.41, 5.74) is 6.43. The molecule has 1 aliphatic heterocycles. The summed E-state index contributed by atoms with van der Waals surface area (Å²) in [6.45, 7) is 7.79. The molecule has 4 heteroatoms. The van der Waals surface area contributed by atoms with Gasteiger partial charge in [-0.2, -0.15) is 0 Å². The standard InChI is InChI=1S/C20H23BrN2O/c1-12-9-16-13(2)7-8-22-19(16)17(10-12)20(24)23-11-15-5-4-6-18(21)14(15)3/h4-6,9-10,13,22H,7-8,11H2,1-3H3,(H,23,24). The van der Waals surface area contributed by atoms with Gasteiger partial charge in [0.1, 0.15) is 0 Å². The summed E-state index contributed by atoms with van der Waals surface area (Å²) in [5, 5.41) is 6.50. The van der Waals surface area contributed by atoms with E-state index < -0.39 is 0 Å². The second-order valence-electron chi connectivity index (χ2n) is 6.60. The van der Waals surface area contributed by atoms with Crippen molar-refractivity contribution in [2.45, 2.75) is 39.7 Å². The Bertz CT molecular complexity index is 785. The molecule has 0 fully saturated rings. The Morgan fingerprint density at radius 3 is 2.92 bits per heavy atom. The number of nitrogens with one attached hydrogen (secondary N) is 2. The maximum atomic E-state index is 12.8. The second kappa shape index (κ2) is 6.98. The van der Waals surface area contributed by atoms with Crippen LogP contribution in [0.4, 0.5) is 5.69 Å².